The van der Waals surface area contributed by atoms with E-state index in [0.29, 0.717) is 35.6 Å². The molecule has 1 aliphatic carbocycles. The average Bonchev–Trinajstić information content (AvgIpc) is 3.69. The van der Waals surface area contributed by atoms with E-state index in [9.17, 15) is 37.5 Å². The smallest absolute Gasteiger partial charge is 0.391 e. The minimum Gasteiger partial charge on any atom is -0.391 e. The number of aliphatic hydroxyl groups is 1. The maximum atomic E-state index is 13.4. The van der Waals surface area contributed by atoms with E-state index in [1.807, 2.05) is 29.1 Å². The van der Waals surface area contributed by atoms with Crippen LogP contribution in [0.4, 0.5) is 18.9 Å². The number of carbonyl (C=O) groups is 3. The predicted octanol–water partition coefficient (Wildman–Crippen LogP) is 4.92. The lowest BCUT2D eigenvalue weighted by atomic mass is 9.83. The summed E-state index contributed by atoms with van der Waals surface area (Å²) in [6.45, 7) is 2.18. The zero-order valence-corrected chi connectivity index (χ0v) is 30.1. The number of piperidine rings is 2. The molecule has 3 unspecified atom stereocenters. The van der Waals surface area contributed by atoms with Crippen molar-refractivity contribution >= 4 is 45.3 Å². The highest BCUT2D eigenvalue weighted by atomic mass is 19.4. The lowest BCUT2D eigenvalue weighted by Gasteiger charge is -2.39. The van der Waals surface area contributed by atoms with Crippen molar-refractivity contribution < 1.29 is 32.7 Å². The quantitative estimate of drug-likeness (QED) is 0.198. The van der Waals surface area contributed by atoms with Crippen LogP contribution >= 0.6 is 0 Å². The predicted molar refractivity (Wildman–Crippen MR) is 196 cm³/mol. The topological polar surface area (TPSA) is 156 Å². The van der Waals surface area contributed by atoms with E-state index in [2.05, 4.69) is 20.5 Å². The van der Waals surface area contributed by atoms with Crippen molar-refractivity contribution in [2.45, 2.75) is 75.2 Å². The number of amides is 3. The zero-order chi connectivity index (χ0) is 38.6. The number of aromatic nitrogens is 5. The number of para-hydroxylation sites is 1. The van der Waals surface area contributed by atoms with Crippen LogP contribution in [0, 0.1) is 5.92 Å². The van der Waals surface area contributed by atoms with Crippen LogP contribution in [0.3, 0.4) is 0 Å². The van der Waals surface area contributed by atoms with Crippen LogP contribution in [0.5, 0.6) is 0 Å². The van der Waals surface area contributed by atoms with Gasteiger partial charge in [0, 0.05) is 49.7 Å². The summed E-state index contributed by atoms with van der Waals surface area (Å²) >= 11 is 0. The summed E-state index contributed by atoms with van der Waals surface area (Å²) in [7, 11) is 1.68. The fourth-order valence-electron chi connectivity index (χ4n) is 8.70. The van der Waals surface area contributed by atoms with Crippen LogP contribution in [0.15, 0.2) is 65.6 Å². The molecule has 2 aromatic carbocycles. The number of hydrogen-bond acceptors (Lipinski definition) is 8. The molecule has 3 fully saturated rings. The number of β-amino-alcohol motifs (C(OH)–C–C–N with tert-alkyl or cyclic N) is 1. The molecule has 8 rings (SSSR count). The Hall–Kier alpha value is -5.35. The number of aliphatic hydroxyl groups excluding tert-OH is 1. The summed E-state index contributed by atoms with van der Waals surface area (Å²) in [5.41, 5.74) is 1.59. The second-order valence-corrected chi connectivity index (χ2v) is 15.0. The summed E-state index contributed by atoms with van der Waals surface area (Å²) < 4.78 is 44.2. The molecular formula is C39H41F3N8O5. The van der Waals surface area contributed by atoms with Crippen LogP contribution in [0.2, 0.25) is 0 Å². The third kappa shape index (κ3) is 7.15. The Labute approximate surface area is 313 Å². The van der Waals surface area contributed by atoms with Gasteiger partial charge in [-0.25, -0.2) is 9.78 Å². The van der Waals surface area contributed by atoms with E-state index in [-0.39, 0.29) is 42.1 Å². The molecule has 3 amide bonds. The second kappa shape index (κ2) is 14.4. The van der Waals surface area contributed by atoms with Gasteiger partial charge in [-0.3, -0.25) is 33.5 Å². The lowest BCUT2D eigenvalue weighted by Crippen LogP contribution is -2.45. The molecule has 3 aromatic heterocycles. The number of carbonyl (C=O) groups excluding carboxylic acids is 3. The van der Waals surface area contributed by atoms with Gasteiger partial charge in [-0.05, 0) is 92.9 Å². The average molecular weight is 759 g/mol. The molecule has 16 heteroatoms. The summed E-state index contributed by atoms with van der Waals surface area (Å²) in [6, 6.07) is 13.5. The van der Waals surface area contributed by atoms with Crippen LogP contribution in [0.25, 0.3) is 21.9 Å². The Morgan fingerprint density at radius 1 is 1.00 bits per heavy atom. The number of alkyl halides is 3. The molecule has 3 aliphatic rings. The van der Waals surface area contributed by atoms with E-state index < -0.39 is 35.8 Å². The number of nitrogens with zero attached hydrogens (tertiary/aromatic N) is 6. The van der Waals surface area contributed by atoms with Gasteiger partial charge in [0.1, 0.15) is 17.4 Å². The highest BCUT2D eigenvalue weighted by Crippen LogP contribution is 2.37. The first-order valence-electron chi connectivity index (χ1n) is 18.6. The van der Waals surface area contributed by atoms with E-state index >= 15 is 0 Å². The van der Waals surface area contributed by atoms with Crippen LogP contribution < -0.4 is 16.3 Å². The number of pyridine rings is 1. The van der Waals surface area contributed by atoms with Crippen molar-refractivity contribution in [1.29, 1.82) is 0 Å². The first kappa shape index (κ1) is 36.6. The van der Waals surface area contributed by atoms with Crippen molar-refractivity contribution in [3.05, 3.63) is 88.2 Å². The number of imide groups is 1. The number of anilines is 1. The number of imidazole rings is 1. The van der Waals surface area contributed by atoms with E-state index in [4.69, 9.17) is 5.10 Å². The van der Waals surface area contributed by atoms with Crippen molar-refractivity contribution in [3.63, 3.8) is 0 Å². The lowest BCUT2D eigenvalue weighted by molar-refractivity contribution is -0.141. The second-order valence-electron chi connectivity index (χ2n) is 15.0. The molecule has 5 heterocycles. The van der Waals surface area contributed by atoms with Gasteiger partial charge in [-0.2, -0.15) is 18.3 Å². The van der Waals surface area contributed by atoms with Crippen molar-refractivity contribution in [2.24, 2.45) is 13.0 Å². The number of fused-ring (bicyclic) bond motifs is 2. The Balaban J connectivity index is 0.872. The summed E-state index contributed by atoms with van der Waals surface area (Å²) in [4.78, 5) is 56.4. The van der Waals surface area contributed by atoms with E-state index in [1.54, 1.807) is 29.8 Å². The summed E-state index contributed by atoms with van der Waals surface area (Å²) in [5.74, 6) is -1.28. The molecule has 2 aliphatic heterocycles. The van der Waals surface area contributed by atoms with Gasteiger partial charge in [0.25, 0.3) is 5.91 Å². The number of nitrogens with one attached hydrogen (secondary N) is 2. The molecule has 55 heavy (non-hydrogen) atoms. The Morgan fingerprint density at radius 3 is 2.53 bits per heavy atom. The largest absolute Gasteiger partial charge is 0.433 e. The molecule has 13 nitrogen and oxygen atoms in total. The van der Waals surface area contributed by atoms with Crippen LogP contribution in [-0.4, -0.2) is 77.4 Å². The molecule has 0 bridgehead atoms. The third-order valence-corrected chi connectivity index (χ3v) is 11.5. The molecular weight excluding hydrogens is 717 g/mol. The maximum absolute atomic E-state index is 13.4. The van der Waals surface area contributed by atoms with Gasteiger partial charge < -0.3 is 15.3 Å². The van der Waals surface area contributed by atoms with Gasteiger partial charge in [0.05, 0.1) is 28.7 Å². The normalized spacial score (nSPS) is 24.0. The third-order valence-electron chi connectivity index (χ3n) is 11.5. The maximum Gasteiger partial charge on any atom is 0.433 e. The Kier molecular flexibility index (Phi) is 9.57. The molecule has 0 spiro atoms. The molecule has 1 saturated carbocycles. The Bertz CT molecular complexity index is 2360. The fraction of sp³-hybridized carbons (Fsp3) is 0.436. The van der Waals surface area contributed by atoms with Gasteiger partial charge in [-0.15, -0.1) is 0 Å². The summed E-state index contributed by atoms with van der Waals surface area (Å²) in [5, 5.41) is 22.0. The number of rotatable bonds is 7. The molecule has 0 radical (unpaired) electrons. The standard InChI is InChI=1S/C39H41F3N8O5/c1-47-35-27(4-2-6-30(35)50(38(47)55)31-14-15-34(52)45-37(31)54)26-16-17-48(21-32(26)51)19-22-8-11-25(12-9-22)49-20-23-18-24(10-13-28(23)46-49)43-36(53)29-5-3-7-33(44-29)39(40,41)42/h2-7,10,13,18,20,22,25-26,31-32,51H,8-9,11-12,14-17,19,21H2,1H3,(H,43,53)(H,45,52,54)/t22-,25-,26?,31?,32?. The Morgan fingerprint density at radius 2 is 1.78 bits per heavy atom. The van der Waals surface area contributed by atoms with Gasteiger partial charge in [-0.1, -0.05) is 18.2 Å². The van der Waals surface area contributed by atoms with Crippen LogP contribution in [0.1, 0.15) is 84.7 Å². The zero-order valence-electron chi connectivity index (χ0n) is 30.1. The number of benzene rings is 2. The van der Waals surface area contributed by atoms with Gasteiger partial charge in [0.2, 0.25) is 11.8 Å². The molecule has 288 valence electrons. The monoisotopic (exact) mass is 758 g/mol. The van der Waals surface area contributed by atoms with Crippen molar-refractivity contribution in [1.82, 2.24) is 34.1 Å². The minimum atomic E-state index is -4.65. The van der Waals surface area contributed by atoms with Crippen molar-refractivity contribution in [2.75, 3.05) is 25.0 Å². The minimum absolute atomic E-state index is 0.166. The van der Waals surface area contributed by atoms with E-state index in [1.165, 1.54) is 10.6 Å². The first-order valence-corrected chi connectivity index (χ1v) is 18.6. The van der Waals surface area contributed by atoms with E-state index in [0.717, 1.165) is 67.4 Å². The SMILES string of the molecule is Cn1c(=O)n(C2CCC(=O)NC2=O)c2cccc(C3CCN(C[C@H]4CC[C@H](n5cc6cc(NC(=O)c7cccc(C(F)(F)F)n7)ccc6n5)CC4)CC3O)c21. The fourth-order valence-corrected chi connectivity index (χ4v) is 8.70. The highest BCUT2D eigenvalue weighted by molar-refractivity contribution is 6.04. The summed E-state index contributed by atoms with van der Waals surface area (Å²) in [6.07, 6.45) is 1.65. The molecule has 3 N–H and O–H groups in total. The number of likely N-dealkylation sites (tertiary alicyclic amines) is 1. The number of hydrogen-bond donors (Lipinski definition) is 3. The molecule has 2 saturated heterocycles. The number of aryl methyl sites for hydroxylation is 1. The van der Waals surface area contributed by atoms with Crippen molar-refractivity contribution in [3.8, 4) is 0 Å². The number of halogens is 3. The molecule has 3 atom stereocenters. The van der Waals surface area contributed by atoms with Crippen LogP contribution in [-0.2, 0) is 22.8 Å². The highest BCUT2D eigenvalue weighted by Gasteiger charge is 2.36. The van der Waals surface area contributed by atoms with Gasteiger partial charge >= 0.3 is 11.9 Å². The first-order chi connectivity index (χ1) is 26.3. The van der Waals surface area contributed by atoms with Gasteiger partial charge in [0.15, 0.2) is 0 Å². The molecule has 5 aromatic rings.